The minimum absolute atomic E-state index is 0.622. The molecule has 7 heteroatoms. The standard InChI is InChI=1S/C22H21N5OS/c1-2-10-23-20(5-1)27-14-12-26(13-15-27)16-17-6-8-18(9-7-17)28-22-25-19-4-3-11-24-21(19)29-22/h1-11H,12-16H2. The van der Waals surface area contributed by atoms with Crippen LogP contribution in [0.4, 0.5) is 5.82 Å². The molecule has 1 fully saturated rings. The fourth-order valence-corrected chi connectivity index (χ4v) is 4.27. The Morgan fingerprint density at radius 2 is 1.69 bits per heavy atom. The van der Waals surface area contributed by atoms with Gasteiger partial charge in [-0.05, 0) is 42.0 Å². The van der Waals surface area contributed by atoms with E-state index in [-0.39, 0.29) is 0 Å². The largest absolute Gasteiger partial charge is 0.431 e. The summed E-state index contributed by atoms with van der Waals surface area (Å²) in [6.45, 7) is 5.02. The average molecular weight is 404 g/mol. The third-order valence-electron chi connectivity index (χ3n) is 5.03. The number of pyridine rings is 2. The average Bonchev–Trinajstić information content (AvgIpc) is 3.19. The number of piperazine rings is 1. The molecule has 3 aromatic heterocycles. The fourth-order valence-electron chi connectivity index (χ4n) is 3.49. The summed E-state index contributed by atoms with van der Waals surface area (Å²) in [5, 5.41) is 0.622. The van der Waals surface area contributed by atoms with Crippen molar-refractivity contribution in [2.45, 2.75) is 6.54 Å². The number of fused-ring (bicyclic) bond motifs is 1. The van der Waals surface area contributed by atoms with Crippen molar-refractivity contribution in [2.24, 2.45) is 0 Å². The highest BCUT2D eigenvalue weighted by molar-refractivity contribution is 7.19. The van der Waals surface area contributed by atoms with Crippen molar-refractivity contribution in [1.82, 2.24) is 19.9 Å². The molecule has 146 valence electrons. The molecular weight excluding hydrogens is 382 g/mol. The lowest BCUT2D eigenvalue weighted by Gasteiger charge is -2.35. The lowest BCUT2D eigenvalue weighted by molar-refractivity contribution is 0.249. The van der Waals surface area contributed by atoms with Crippen LogP contribution in [0.3, 0.4) is 0 Å². The zero-order valence-electron chi connectivity index (χ0n) is 15.9. The number of aromatic nitrogens is 3. The number of benzene rings is 1. The number of rotatable bonds is 5. The van der Waals surface area contributed by atoms with E-state index in [4.69, 9.17) is 4.74 Å². The first kappa shape index (κ1) is 18.0. The first-order valence-corrected chi connectivity index (χ1v) is 10.5. The third kappa shape index (κ3) is 4.21. The van der Waals surface area contributed by atoms with Crippen LogP contribution in [-0.2, 0) is 6.54 Å². The van der Waals surface area contributed by atoms with E-state index in [1.807, 2.05) is 42.6 Å². The summed E-state index contributed by atoms with van der Waals surface area (Å²) in [6.07, 6.45) is 3.63. The first-order valence-electron chi connectivity index (χ1n) is 9.70. The maximum absolute atomic E-state index is 5.91. The number of hydrogen-bond acceptors (Lipinski definition) is 7. The predicted octanol–water partition coefficient (Wildman–Crippen LogP) is 4.20. The van der Waals surface area contributed by atoms with Crippen molar-refractivity contribution in [3.8, 4) is 10.9 Å². The smallest absolute Gasteiger partial charge is 0.281 e. The SMILES string of the molecule is c1ccc(N2CCN(Cc3ccc(Oc4nc5cccnc5s4)cc3)CC2)nc1. The van der Waals surface area contributed by atoms with Gasteiger partial charge in [0.1, 0.15) is 21.9 Å². The first-order chi connectivity index (χ1) is 14.3. The Balaban J connectivity index is 1.17. The molecule has 0 N–H and O–H groups in total. The highest BCUT2D eigenvalue weighted by Gasteiger charge is 2.18. The minimum Gasteiger partial charge on any atom is -0.431 e. The minimum atomic E-state index is 0.622. The molecule has 6 nitrogen and oxygen atoms in total. The molecule has 0 radical (unpaired) electrons. The van der Waals surface area contributed by atoms with Gasteiger partial charge in [0.05, 0.1) is 0 Å². The van der Waals surface area contributed by atoms with E-state index in [1.165, 1.54) is 16.9 Å². The van der Waals surface area contributed by atoms with Gasteiger partial charge in [0.2, 0.25) is 0 Å². The quantitative estimate of drug-likeness (QED) is 0.498. The van der Waals surface area contributed by atoms with E-state index in [2.05, 4.69) is 43.0 Å². The number of hydrogen-bond donors (Lipinski definition) is 0. The van der Waals surface area contributed by atoms with Gasteiger partial charge in [-0.3, -0.25) is 4.90 Å². The normalized spacial score (nSPS) is 15.0. The van der Waals surface area contributed by atoms with E-state index >= 15 is 0 Å². The van der Waals surface area contributed by atoms with E-state index < -0.39 is 0 Å². The highest BCUT2D eigenvalue weighted by atomic mass is 32.1. The third-order valence-corrected chi connectivity index (χ3v) is 5.88. The molecule has 1 aromatic carbocycles. The molecule has 0 saturated carbocycles. The Hall–Kier alpha value is -3.03. The number of ether oxygens (including phenoxy) is 1. The van der Waals surface area contributed by atoms with E-state index in [0.717, 1.165) is 54.6 Å². The number of nitrogens with zero attached hydrogens (tertiary/aromatic N) is 5. The Kier molecular flexibility index (Phi) is 5.06. The molecule has 4 aromatic rings. The van der Waals surface area contributed by atoms with Crippen LogP contribution in [0.25, 0.3) is 10.3 Å². The summed E-state index contributed by atoms with van der Waals surface area (Å²) in [4.78, 5) is 19.0. The summed E-state index contributed by atoms with van der Waals surface area (Å²) in [5.41, 5.74) is 2.16. The maximum atomic E-state index is 5.91. The van der Waals surface area contributed by atoms with Gasteiger partial charge < -0.3 is 9.64 Å². The molecule has 0 spiro atoms. The van der Waals surface area contributed by atoms with Gasteiger partial charge in [-0.1, -0.05) is 29.5 Å². The van der Waals surface area contributed by atoms with Gasteiger partial charge in [0, 0.05) is 45.1 Å². The molecule has 1 saturated heterocycles. The molecule has 5 rings (SSSR count). The summed E-state index contributed by atoms with van der Waals surface area (Å²) < 4.78 is 5.91. The van der Waals surface area contributed by atoms with Crippen molar-refractivity contribution in [3.63, 3.8) is 0 Å². The topological polar surface area (TPSA) is 54.4 Å². The summed E-state index contributed by atoms with van der Waals surface area (Å²) in [5.74, 6) is 1.87. The van der Waals surface area contributed by atoms with Crippen LogP contribution in [0.1, 0.15) is 5.56 Å². The van der Waals surface area contributed by atoms with E-state index in [0.29, 0.717) is 5.19 Å². The Labute approximate surface area is 173 Å². The van der Waals surface area contributed by atoms with Crippen molar-refractivity contribution >= 4 is 27.5 Å². The molecule has 0 bridgehead atoms. The second-order valence-corrected chi connectivity index (χ2v) is 7.94. The lowest BCUT2D eigenvalue weighted by Crippen LogP contribution is -2.46. The van der Waals surface area contributed by atoms with E-state index in [9.17, 15) is 0 Å². The van der Waals surface area contributed by atoms with Crippen molar-refractivity contribution in [1.29, 1.82) is 0 Å². The van der Waals surface area contributed by atoms with Gasteiger partial charge in [0.15, 0.2) is 0 Å². The van der Waals surface area contributed by atoms with Gasteiger partial charge in [-0.2, -0.15) is 0 Å². The van der Waals surface area contributed by atoms with Crippen LogP contribution >= 0.6 is 11.3 Å². The summed E-state index contributed by atoms with van der Waals surface area (Å²) in [6, 6.07) is 18.2. The predicted molar refractivity (Wildman–Crippen MR) is 116 cm³/mol. The Morgan fingerprint density at radius 3 is 2.45 bits per heavy atom. The summed E-state index contributed by atoms with van der Waals surface area (Å²) in [7, 11) is 0. The molecular formula is C22H21N5OS. The summed E-state index contributed by atoms with van der Waals surface area (Å²) >= 11 is 1.46. The van der Waals surface area contributed by atoms with Crippen molar-refractivity contribution < 1.29 is 4.74 Å². The molecule has 0 unspecified atom stereocenters. The molecule has 4 heterocycles. The number of anilines is 1. The van der Waals surface area contributed by atoms with Crippen LogP contribution < -0.4 is 9.64 Å². The zero-order chi connectivity index (χ0) is 19.5. The molecule has 1 aliphatic rings. The van der Waals surface area contributed by atoms with Crippen molar-refractivity contribution in [3.05, 3.63) is 72.6 Å². The van der Waals surface area contributed by atoms with Crippen LogP contribution in [0.2, 0.25) is 0 Å². The Morgan fingerprint density at radius 1 is 0.862 bits per heavy atom. The van der Waals surface area contributed by atoms with E-state index in [1.54, 1.807) is 6.20 Å². The fraction of sp³-hybridized carbons (Fsp3) is 0.227. The second kappa shape index (κ2) is 8.14. The highest BCUT2D eigenvalue weighted by Crippen LogP contribution is 2.30. The lowest BCUT2D eigenvalue weighted by atomic mass is 10.2. The zero-order valence-corrected chi connectivity index (χ0v) is 16.8. The monoisotopic (exact) mass is 403 g/mol. The van der Waals surface area contributed by atoms with Gasteiger partial charge in [0.25, 0.3) is 5.19 Å². The number of thiazole rings is 1. The van der Waals surface area contributed by atoms with Gasteiger partial charge in [-0.25, -0.2) is 15.0 Å². The Bertz CT molecular complexity index is 1040. The maximum Gasteiger partial charge on any atom is 0.281 e. The van der Waals surface area contributed by atoms with Crippen LogP contribution in [-0.4, -0.2) is 46.0 Å². The molecule has 0 amide bonds. The van der Waals surface area contributed by atoms with Gasteiger partial charge in [-0.15, -0.1) is 0 Å². The van der Waals surface area contributed by atoms with Crippen molar-refractivity contribution in [2.75, 3.05) is 31.1 Å². The van der Waals surface area contributed by atoms with Gasteiger partial charge >= 0.3 is 0 Å². The van der Waals surface area contributed by atoms with Crippen LogP contribution in [0.5, 0.6) is 10.9 Å². The molecule has 29 heavy (non-hydrogen) atoms. The van der Waals surface area contributed by atoms with Crippen LogP contribution in [0, 0.1) is 0 Å². The molecule has 0 atom stereocenters. The van der Waals surface area contributed by atoms with Crippen LogP contribution in [0.15, 0.2) is 67.0 Å². The molecule has 0 aliphatic carbocycles. The second-order valence-electron chi connectivity index (χ2n) is 7.00. The molecule has 1 aliphatic heterocycles.